The number of fused-ring (bicyclic) bond motifs is 5. The third kappa shape index (κ3) is 3.79. The van der Waals surface area contributed by atoms with Gasteiger partial charge in [-0.15, -0.1) is 5.10 Å². The number of nitrogens with zero attached hydrogens (tertiary/aromatic N) is 9. The minimum atomic E-state index is -0.000252. The molecule has 1 saturated heterocycles. The van der Waals surface area contributed by atoms with Crippen LogP contribution in [0, 0.1) is 11.8 Å². The molecular weight excluding hydrogens is 556 g/mol. The molecule has 2 saturated carbocycles. The topological polar surface area (TPSA) is 134 Å². The zero-order chi connectivity index (χ0) is 29.7. The quantitative estimate of drug-likeness (QED) is 0.312. The monoisotopic (exact) mass is 588 g/mol. The van der Waals surface area contributed by atoms with E-state index in [1.165, 1.54) is 12.8 Å². The average molecular weight is 589 g/mol. The highest BCUT2D eigenvalue weighted by atomic mass is 16.5. The van der Waals surface area contributed by atoms with Gasteiger partial charge in [-0.05, 0) is 90.4 Å². The van der Waals surface area contributed by atoms with E-state index >= 15 is 0 Å². The van der Waals surface area contributed by atoms with Crippen LogP contribution in [0.25, 0.3) is 50.5 Å². The molecule has 3 aliphatic rings. The number of nitrogens with two attached hydrogens (primary N) is 1. The molecule has 6 heterocycles. The van der Waals surface area contributed by atoms with E-state index in [1.807, 2.05) is 48.5 Å². The Labute approximate surface area is 252 Å². The SMILES string of the molecule is COc1cc(C(=O)N2CC3CCC2[C@@H]3N)cc2nc(-c3cc4ccc(-c5ccn6nnnc6c5)nc4n3CC3CC3)n(C)c12. The maximum absolute atomic E-state index is 13.7. The third-order valence-electron chi connectivity index (χ3n) is 9.92. The first-order valence-electron chi connectivity index (χ1n) is 15.3. The molecular formula is C32H32N10O2. The highest BCUT2D eigenvalue weighted by Crippen LogP contribution is 2.40. The molecule has 222 valence electrons. The fraction of sp³-hybridized carbons (Fsp3) is 0.375. The van der Waals surface area contributed by atoms with Gasteiger partial charge in [-0.3, -0.25) is 4.79 Å². The number of hydrogen-bond acceptors (Lipinski definition) is 8. The van der Waals surface area contributed by atoms with Gasteiger partial charge in [0.25, 0.3) is 5.91 Å². The number of carbonyl (C=O) groups excluding carboxylic acids is 1. The first kappa shape index (κ1) is 25.6. The predicted molar refractivity (Wildman–Crippen MR) is 164 cm³/mol. The lowest BCUT2D eigenvalue weighted by molar-refractivity contribution is 0.0700. The van der Waals surface area contributed by atoms with Crippen molar-refractivity contribution >= 4 is 33.6 Å². The minimum absolute atomic E-state index is 0.000252. The molecule has 1 aromatic carbocycles. The summed E-state index contributed by atoms with van der Waals surface area (Å²) in [5, 5.41) is 12.9. The van der Waals surface area contributed by atoms with Gasteiger partial charge in [0.1, 0.15) is 16.9 Å². The van der Waals surface area contributed by atoms with Crippen molar-refractivity contribution in [2.45, 2.75) is 44.3 Å². The summed E-state index contributed by atoms with van der Waals surface area (Å²) in [6.45, 7) is 1.59. The molecule has 12 nitrogen and oxygen atoms in total. The number of benzene rings is 1. The van der Waals surface area contributed by atoms with Crippen molar-refractivity contribution in [2.24, 2.45) is 24.6 Å². The van der Waals surface area contributed by atoms with E-state index in [4.69, 9.17) is 20.4 Å². The standard InChI is InChI=1S/C32H32N10O2/c1-39-29-23(11-21(13-26(29)44-2)32(43)41-16-20-6-8-24(41)28(20)33)35-31(39)25-12-19-5-7-22(34-30(19)40(25)15-17-3-4-17)18-9-10-42-27(14-18)36-37-38-42/h5,7,9-14,17,20,24,28H,3-4,6,8,15-16,33H2,1-2H3/t20?,24?,28-/m1/s1. The molecule has 2 aliphatic carbocycles. The van der Waals surface area contributed by atoms with Crippen molar-refractivity contribution in [2.75, 3.05) is 13.7 Å². The molecule has 9 rings (SSSR count). The van der Waals surface area contributed by atoms with Crippen LogP contribution in [-0.4, -0.2) is 75.7 Å². The molecule has 12 heteroatoms. The zero-order valence-corrected chi connectivity index (χ0v) is 24.6. The number of hydrogen-bond donors (Lipinski definition) is 1. The van der Waals surface area contributed by atoms with Gasteiger partial charge in [0.05, 0.1) is 24.0 Å². The first-order valence-corrected chi connectivity index (χ1v) is 15.3. The number of methoxy groups -OCH3 is 1. The van der Waals surface area contributed by atoms with E-state index < -0.39 is 0 Å². The Hall–Kier alpha value is -4.84. The van der Waals surface area contributed by atoms with Crippen molar-refractivity contribution in [3.63, 3.8) is 0 Å². The molecule has 6 aromatic rings. The molecule has 0 radical (unpaired) electrons. The molecule has 1 amide bonds. The first-order chi connectivity index (χ1) is 21.5. The van der Waals surface area contributed by atoms with Crippen LogP contribution in [-0.2, 0) is 13.6 Å². The van der Waals surface area contributed by atoms with Crippen LogP contribution >= 0.6 is 0 Å². The molecule has 2 unspecified atom stereocenters. The Balaban J connectivity index is 1.16. The summed E-state index contributed by atoms with van der Waals surface area (Å²) in [6, 6.07) is 14.2. The summed E-state index contributed by atoms with van der Waals surface area (Å²) in [6.07, 6.45) is 6.33. The lowest BCUT2D eigenvalue weighted by atomic mass is 10.1. The number of imidazole rings is 1. The van der Waals surface area contributed by atoms with Gasteiger partial charge in [-0.25, -0.2) is 14.5 Å². The van der Waals surface area contributed by atoms with Crippen molar-refractivity contribution < 1.29 is 9.53 Å². The molecule has 0 spiro atoms. The Morgan fingerprint density at radius 1 is 1.07 bits per heavy atom. The lowest BCUT2D eigenvalue weighted by Gasteiger charge is -2.27. The van der Waals surface area contributed by atoms with E-state index in [1.54, 1.807) is 11.6 Å². The normalized spacial score (nSPS) is 21.3. The third-order valence-corrected chi connectivity index (χ3v) is 9.92. The lowest BCUT2D eigenvalue weighted by Crippen LogP contribution is -2.41. The Bertz CT molecular complexity index is 2120. The highest BCUT2D eigenvalue weighted by molar-refractivity contribution is 6.00. The van der Waals surface area contributed by atoms with Gasteiger partial charge in [-0.1, -0.05) is 0 Å². The maximum atomic E-state index is 13.7. The molecule has 2 N–H and O–H groups in total. The average Bonchev–Trinajstić information content (AvgIpc) is 3.34. The molecule has 3 fully saturated rings. The molecule has 2 bridgehead atoms. The number of ether oxygens (including phenoxy) is 1. The van der Waals surface area contributed by atoms with Gasteiger partial charge >= 0.3 is 0 Å². The molecule has 1 aliphatic heterocycles. The fourth-order valence-corrected chi connectivity index (χ4v) is 7.38. The van der Waals surface area contributed by atoms with E-state index in [0.29, 0.717) is 28.8 Å². The number of rotatable bonds is 6. The van der Waals surface area contributed by atoms with Gasteiger partial charge in [0.15, 0.2) is 11.5 Å². The van der Waals surface area contributed by atoms with Crippen LogP contribution in [0.15, 0.2) is 48.7 Å². The van der Waals surface area contributed by atoms with E-state index in [0.717, 1.165) is 70.8 Å². The van der Waals surface area contributed by atoms with Gasteiger partial charge in [0.2, 0.25) is 0 Å². The smallest absolute Gasteiger partial charge is 0.254 e. The molecule has 5 aromatic heterocycles. The van der Waals surface area contributed by atoms with E-state index in [9.17, 15) is 4.79 Å². The number of piperidine rings is 1. The second-order valence-electron chi connectivity index (χ2n) is 12.6. The summed E-state index contributed by atoms with van der Waals surface area (Å²) in [4.78, 5) is 26.0. The van der Waals surface area contributed by atoms with Gasteiger partial charge in [-0.2, -0.15) is 0 Å². The van der Waals surface area contributed by atoms with Crippen molar-refractivity contribution in [1.82, 2.24) is 44.0 Å². The van der Waals surface area contributed by atoms with Gasteiger partial charge < -0.3 is 24.5 Å². The molecule has 3 atom stereocenters. The number of amides is 1. The van der Waals surface area contributed by atoms with Crippen LogP contribution in [0.4, 0.5) is 0 Å². The number of aryl methyl sites for hydroxylation is 1. The predicted octanol–water partition coefficient (Wildman–Crippen LogP) is 3.68. The summed E-state index contributed by atoms with van der Waals surface area (Å²) in [5.41, 5.74) is 13.0. The number of pyridine rings is 2. The number of carbonyl (C=O) groups is 1. The summed E-state index contributed by atoms with van der Waals surface area (Å²) < 4.78 is 11.9. The number of aromatic nitrogens is 8. The van der Waals surface area contributed by atoms with Crippen LogP contribution < -0.4 is 10.5 Å². The Morgan fingerprint density at radius 2 is 1.95 bits per heavy atom. The maximum Gasteiger partial charge on any atom is 0.254 e. The Kier molecular flexibility index (Phi) is 5.44. The van der Waals surface area contributed by atoms with Crippen LogP contribution in [0.3, 0.4) is 0 Å². The summed E-state index contributed by atoms with van der Waals surface area (Å²) in [7, 11) is 3.65. The summed E-state index contributed by atoms with van der Waals surface area (Å²) >= 11 is 0. The summed E-state index contributed by atoms with van der Waals surface area (Å²) in [5.74, 6) is 2.44. The zero-order valence-electron chi connectivity index (χ0n) is 24.6. The largest absolute Gasteiger partial charge is 0.494 e. The van der Waals surface area contributed by atoms with Crippen molar-refractivity contribution in [3.05, 3.63) is 54.2 Å². The number of likely N-dealkylation sites (tertiary alicyclic amines) is 1. The second-order valence-corrected chi connectivity index (χ2v) is 12.6. The molecule has 44 heavy (non-hydrogen) atoms. The van der Waals surface area contributed by atoms with E-state index in [2.05, 4.69) is 36.8 Å². The minimum Gasteiger partial charge on any atom is -0.494 e. The Morgan fingerprint density at radius 3 is 2.73 bits per heavy atom. The van der Waals surface area contributed by atoms with Crippen LogP contribution in [0.5, 0.6) is 5.75 Å². The second kappa shape index (κ2) is 9.33. The number of tetrazole rings is 1. The van der Waals surface area contributed by atoms with Crippen LogP contribution in [0.1, 0.15) is 36.0 Å². The van der Waals surface area contributed by atoms with E-state index in [-0.39, 0.29) is 18.0 Å². The van der Waals surface area contributed by atoms with Crippen molar-refractivity contribution in [1.29, 1.82) is 0 Å². The van der Waals surface area contributed by atoms with Gasteiger partial charge in [0, 0.05) is 54.9 Å². The van der Waals surface area contributed by atoms with Crippen LogP contribution in [0.2, 0.25) is 0 Å². The fourth-order valence-electron chi connectivity index (χ4n) is 7.38. The van der Waals surface area contributed by atoms with Crippen molar-refractivity contribution in [3.8, 4) is 28.5 Å². The highest BCUT2D eigenvalue weighted by Gasteiger charge is 2.47.